The van der Waals surface area contributed by atoms with Crippen molar-refractivity contribution in [1.82, 2.24) is 9.55 Å². The van der Waals surface area contributed by atoms with Crippen molar-refractivity contribution in [3.63, 3.8) is 0 Å². The van der Waals surface area contributed by atoms with Crippen LogP contribution in [0.3, 0.4) is 0 Å². The Bertz CT molecular complexity index is 708. The van der Waals surface area contributed by atoms with Gasteiger partial charge in [0.25, 0.3) is 5.56 Å². The summed E-state index contributed by atoms with van der Waals surface area (Å²) in [6.07, 6.45) is -2.19. The van der Waals surface area contributed by atoms with Crippen LogP contribution in [0.5, 0.6) is 0 Å². The molecule has 2 saturated heterocycles. The fraction of sp³-hybridized carbons (Fsp3) is 0.583. The van der Waals surface area contributed by atoms with Gasteiger partial charge >= 0.3 is 5.69 Å². The van der Waals surface area contributed by atoms with Gasteiger partial charge < -0.3 is 14.2 Å². The molecule has 0 aliphatic carbocycles. The van der Waals surface area contributed by atoms with Crippen molar-refractivity contribution in [3.05, 3.63) is 32.9 Å². The Kier molecular flexibility index (Phi) is 3.08. The molecule has 2 aliphatic heterocycles. The lowest BCUT2D eigenvalue weighted by atomic mass is 10.1. The number of nitrogens with one attached hydrogen (secondary N) is 1. The van der Waals surface area contributed by atoms with Gasteiger partial charge in [-0.1, -0.05) is 0 Å². The first-order chi connectivity index (χ1) is 9.78. The van der Waals surface area contributed by atoms with E-state index in [-0.39, 0.29) is 6.61 Å². The number of carbonyl (C=O) groups is 1. The molecule has 1 aromatic rings. The van der Waals surface area contributed by atoms with Crippen LogP contribution in [0.2, 0.25) is 0 Å². The van der Waals surface area contributed by atoms with Gasteiger partial charge in [-0.05, 0) is 13.8 Å². The maximum absolute atomic E-state index is 13.3. The summed E-state index contributed by atoms with van der Waals surface area (Å²) in [5.74, 6) is -2.69. The SMILES string of the molecule is CC1(C)O[C@@H]2CO[C@H](n3cc(F)c(=O)[nH]c3=O)C(=O)[C@@H]2O1. The van der Waals surface area contributed by atoms with Crippen LogP contribution in [0.15, 0.2) is 15.8 Å². The summed E-state index contributed by atoms with van der Waals surface area (Å²) >= 11 is 0. The predicted molar refractivity (Wildman–Crippen MR) is 65.1 cm³/mol. The number of nitrogens with zero attached hydrogens (tertiary/aromatic N) is 1. The fourth-order valence-electron chi connectivity index (χ4n) is 2.46. The molecule has 114 valence electrons. The second-order valence-electron chi connectivity index (χ2n) is 5.33. The Labute approximate surface area is 117 Å². The van der Waals surface area contributed by atoms with Crippen LogP contribution in [0.25, 0.3) is 0 Å². The molecule has 0 radical (unpaired) electrons. The first-order valence-electron chi connectivity index (χ1n) is 6.30. The zero-order valence-corrected chi connectivity index (χ0v) is 11.3. The molecule has 21 heavy (non-hydrogen) atoms. The molecule has 0 saturated carbocycles. The monoisotopic (exact) mass is 300 g/mol. The molecule has 3 heterocycles. The van der Waals surface area contributed by atoms with Crippen LogP contribution in [0.4, 0.5) is 4.39 Å². The number of Topliss-reactive ketones (excluding diaryl/α,β-unsaturated/α-hetero) is 1. The van der Waals surface area contributed by atoms with E-state index in [9.17, 15) is 18.8 Å². The standard InChI is InChI=1S/C12H13FN2O6/c1-12(2)20-6-4-19-10(7(16)8(6)21-12)15-3-5(13)9(17)14-11(15)18/h3,6,8,10H,4H2,1-2H3,(H,14,17,18)/t6-,8-,10+/m1/s1. The number of ketones is 1. The third kappa shape index (κ3) is 2.33. The van der Waals surface area contributed by atoms with E-state index in [2.05, 4.69) is 0 Å². The molecule has 0 amide bonds. The minimum Gasteiger partial charge on any atom is -0.348 e. The highest BCUT2D eigenvalue weighted by Gasteiger charge is 2.51. The van der Waals surface area contributed by atoms with E-state index in [1.807, 2.05) is 0 Å². The van der Waals surface area contributed by atoms with E-state index in [0.29, 0.717) is 10.8 Å². The van der Waals surface area contributed by atoms with E-state index < -0.39 is 47.1 Å². The van der Waals surface area contributed by atoms with Crippen molar-refractivity contribution in [2.24, 2.45) is 0 Å². The third-order valence-corrected chi connectivity index (χ3v) is 3.30. The molecule has 0 aromatic carbocycles. The van der Waals surface area contributed by atoms with Gasteiger partial charge in [0, 0.05) is 0 Å². The smallest absolute Gasteiger partial charge is 0.330 e. The molecule has 2 aliphatic rings. The number of H-pyrrole nitrogens is 1. The molecule has 2 fully saturated rings. The molecule has 1 N–H and O–H groups in total. The molecule has 3 rings (SSSR count). The molecule has 0 unspecified atom stereocenters. The van der Waals surface area contributed by atoms with E-state index in [1.54, 1.807) is 18.8 Å². The summed E-state index contributed by atoms with van der Waals surface area (Å²) in [6, 6.07) is 0. The summed E-state index contributed by atoms with van der Waals surface area (Å²) in [5.41, 5.74) is -2.09. The molecule has 8 nitrogen and oxygen atoms in total. The van der Waals surface area contributed by atoms with Gasteiger partial charge in [-0.25, -0.2) is 4.79 Å². The van der Waals surface area contributed by atoms with E-state index in [0.717, 1.165) is 0 Å². The highest BCUT2D eigenvalue weighted by molar-refractivity contribution is 5.87. The van der Waals surface area contributed by atoms with E-state index in [1.165, 1.54) is 0 Å². The van der Waals surface area contributed by atoms with Crippen LogP contribution in [-0.4, -0.2) is 39.9 Å². The second-order valence-corrected chi connectivity index (χ2v) is 5.33. The maximum atomic E-state index is 13.3. The van der Waals surface area contributed by atoms with Crippen molar-refractivity contribution in [2.75, 3.05) is 6.61 Å². The number of aromatic amines is 1. The van der Waals surface area contributed by atoms with Gasteiger partial charge in [0.05, 0.1) is 12.8 Å². The van der Waals surface area contributed by atoms with Crippen molar-refractivity contribution in [2.45, 2.75) is 38.1 Å². The first-order valence-corrected chi connectivity index (χ1v) is 6.30. The summed E-state index contributed by atoms with van der Waals surface area (Å²) in [7, 11) is 0. The van der Waals surface area contributed by atoms with Crippen molar-refractivity contribution >= 4 is 5.78 Å². The minimum atomic E-state index is -1.36. The lowest BCUT2D eigenvalue weighted by Gasteiger charge is -2.29. The number of hydrogen-bond donors (Lipinski definition) is 1. The topological polar surface area (TPSA) is 99.6 Å². The Balaban J connectivity index is 1.95. The molecular weight excluding hydrogens is 287 g/mol. The van der Waals surface area contributed by atoms with Crippen molar-refractivity contribution in [1.29, 1.82) is 0 Å². The van der Waals surface area contributed by atoms with Gasteiger partial charge in [0.2, 0.25) is 11.6 Å². The average Bonchev–Trinajstić information content (AvgIpc) is 2.70. The van der Waals surface area contributed by atoms with Crippen LogP contribution in [0.1, 0.15) is 20.1 Å². The first kappa shape index (κ1) is 14.1. The average molecular weight is 300 g/mol. The lowest BCUT2D eigenvalue weighted by molar-refractivity contribution is -0.161. The maximum Gasteiger partial charge on any atom is 0.330 e. The second kappa shape index (κ2) is 4.58. The normalized spacial score (nSPS) is 31.2. The zero-order chi connectivity index (χ0) is 15.4. The van der Waals surface area contributed by atoms with Gasteiger partial charge in [-0.2, -0.15) is 4.39 Å². The summed E-state index contributed by atoms with van der Waals surface area (Å²) in [5, 5.41) is 0. The van der Waals surface area contributed by atoms with Gasteiger partial charge in [-0.15, -0.1) is 0 Å². The Hall–Kier alpha value is -1.84. The quantitative estimate of drug-likeness (QED) is 0.736. The largest absolute Gasteiger partial charge is 0.348 e. The van der Waals surface area contributed by atoms with Gasteiger partial charge in [0.15, 0.2) is 18.1 Å². The molecule has 0 spiro atoms. The van der Waals surface area contributed by atoms with E-state index >= 15 is 0 Å². The number of hydrogen-bond acceptors (Lipinski definition) is 6. The Morgan fingerprint density at radius 2 is 2.05 bits per heavy atom. The number of halogens is 1. The zero-order valence-electron chi connectivity index (χ0n) is 11.3. The minimum absolute atomic E-state index is 0.0116. The van der Waals surface area contributed by atoms with E-state index in [4.69, 9.17) is 14.2 Å². The number of carbonyl (C=O) groups excluding carboxylic acids is 1. The van der Waals surface area contributed by atoms with Crippen molar-refractivity contribution in [3.8, 4) is 0 Å². The summed E-state index contributed by atoms with van der Waals surface area (Å²) in [4.78, 5) is 36.8. The molecule has 0 bridgehead atoms. The molecule has 9 heteroatoms. The predicted octanol–water partition coefficient (Wildman–Crippen LogP) is -0.706. The third-order valence-electron chi connectivity index (χ3n) is 3.30. The number of ether oxygens (including phenoxy) is 3. The number of aromatic nitrogens is 2. The summed E-state index contributed by atoms with van der Waals surface area (Å²) in [6.45, 7) is 3.32. The number of rotatable bonds is 1. The van der Waals surface area contributed by atoms with Gasteiger partial charge in [0.1, 0.15) is 6.10 Å². The Morgan fingerprint density at radius 3 is 2.76 bits per heavy atom. The molecular formula is C12H13FN2O6. The Morgan fingerprint density at radius 1 is 1.33 bits per heavy atom. The van der Waals surface area contributed by atoms with Crippen LogP contribution >= 0.6 is 0 Å². The fourth-order valence-corrected chi connectivity index (χ4v) is 2.46. The molecule has 3 atom stereocenters. The highest BCUT2D eigenvalue weighted by Crippen LogP contribution is 2.34. The molecule has 1 aromatic heterocycles. The van der Waals surface area contributed by atoms with Crippen LogP contribution < -0.4 is 11.2 Å². The summed E-state index contributed by atoms with van der Waals surface area (Å²) < 4.78 is 30.3. The number of fused-ring (bicyclic) bond motifs is 1. The highest BCUT2D eigenvalue weighted by atomic mass is 19.1. The van der Waals surface area contributed by atoms with Crippen LogP contribution in [-0.2, 0) is 19.0 Å². The lowest BCUT2D eigenvalue weighted by Crippen LogP contribution is -2.49. The van der Waals surface area contributed by atoms with Crippen molar-refractivity contribution < 1.29 is 23.4 Å². The van der Waals surface area contributed by atoms with Crippen LogP contribution in [0, 0.1) is 5.82 Å². The van der Waals surface area contributed by atoms with Gasteiger partial charge in [-0.3, -0.25) is 19.1 Å².